The van der Waals surface area contributed by atoms with Gasteiger partial charge >= 0.3 is 6.03 Å². The van der Waals surface area contributed by atoms with E-state index in [4.69, 9.17) is 9.47 Å². The van der Waals surface area contributed by atoms with Crippen molar-refractivity contribution in [2.24, 2.45) is 5.92 Å². The summed E-state index contributed by atoms with van der Waals surface area (Å²) < 4.78 is 10.6. The highest BCUT2D eigenvalue weighted by Gasteiger charge is 2.38. The largest absolute Gasteiger partial charge is 0.454 e. The number of rotatable bonds is 8. The molecule has 3 rings (SSSR count). The number of fused-ring (bicyclic) bond motifs is 1. The number of carbonyl (C=O) groups is 3. The first-order valence-electron chi connectivity index (χ1n) is 9.29. The van der Waals surface area contributed by atoms with Gasteiger partial charge in [-0.25, -0.2) is 4.79 Å². The first-order chi connectivity index (χ1) is 13.4. The van der Waals surface area contributed by atoms with Gasteiger partial charge in [0.25, 0.3) is 5.91 Å². The fourth-order valence-electron chi connectivity index (χ4n) is 3.12. The molecule has 0 saturated carbocycles. The lowest BCUT2D eigenvalue weighted by Crippen LogP contribution is -2.42. The van der Waals surface area contributed by atoms with Gasteiger partial charge in [-0.3, -0.25) is 14.5 Å². The molecule has 2 atom stereocenters. The summed E-state index contributed by atoms with van der Waals surface area (Å²) in [7, 11) is 0. The van der Waals surface area contributed by atoms with Crippen molar-refractivity contribution in [2.75, 3.05) is 13.4 Å². The highest BCUT2D eigenvalue weighted by atomic mass is 16.7. The number of aliphatic hydroxyl groups excluding tert-OH is 1. The van der Waals surface area contributed by atoms with E-state index in [2.05, 4.69) is 10.6 Å². The van der Waals surface area contributed by atoms with E-state index in [0.717, 1.165) is 10.5 Å². The Morgan fingerprint density at radius 1 is 1.32 bits per heavy atom. The molecule has 2 heterocycles. The second kappa shape index (κ2) is 8.47. The monoisotopic (exact) mass is 391 g/mol. The quantitative estimate of drug-likeness (QED) is 0.563. The van der Waals surface area contributed by atoms with Crippen LogP contribution in [-0.2, 0) is 16.1 Å². The number of imide groups is 1. The lowest BCUT2D eigenvalue weighted by atomic mass is 10.0. The molecule has 9 nitrogen and oxygen atoms in total. The molecule has 0 bridgehead atoms. The third-order valence-electron chi connectivity index (χ3n) is 4.89. The van der Waals surface area contributed by atoms with Crippen molar-refractivity contribution in [3.63, 3.8) is 0 Å². The first kappa shape index (κ1) is 19.9. The number of ether oxygens (including phenoxy) is 2. The highest BCUT2D eigenvalue weighted by Crippen LogP contribution is 2.33. The maximum atomic E-state index is 12.6. The van der Waals surface area contributed by atoms with E-state index < -0.39 is 12.1 Å². The predicted octanol–water partition coefficient (Wildman–Crippen LogP) is 0.749. The van der Waals surface area contributed by atoms with E-state index in [1.54, 1.807) is 18.2 Å². The second-order valence-electron chi connectivity index (χ2n) is 7.25. The van der Waals surface area contributed by atoms with Gasteiger partial charge in [0.05, 0.1) is 19.2 Å². The van der Waals surface area contributed by atoms with Crippen molar-refractivity contribution in [3.05, 3.63) is 23.8 Å². The molecule has 1 aromatic carbocycles. The van der Waals surface area contributed by atoms with Crippen LogP contribution in [0.25, 0.3) is 0 Å². The molecule has 4 amide bonds. The number of hydrogen-bond donors (Lipinski definition) is 3. The lowest BCUT2D eigenvalue weighted by molar-refractivity contribution is -0.128. The van der Waals surface area contributed by atoms with Gasteiger partial charge in [-0.05, 0) is 30.0 Å². The summed E-state index contributed by atoms with van der Waals surface area (Å²) in [5, 5.41) is 14.6. The van der Waals surface area contributed by atoms with Gasteiger partial charge in [-0.15, -0.1) is 0 Å². The number of urea groups is 1. The van der Waals surface area contributed by atoms with Gasteiger partial charge in [0.2, 0.25) is 12.7 Å². The summed E-state index contributed by atoms with van der Waals surface area (Å²) in [5.74, 6) is 0.690. The molecule has 1 aromatic rings. The number of hydrogen-bond acceptors (Lipinski definition) is 6. The van der Waals surface area contributed by atoms with Crippen LogP contribution in [0.4, 0.5) is 4.79 Å². The molecule has 152 valence electrons. The van der Waals surface area contributed by atoms with Crippen LogP contribution in [0.5, 0.6) is 11.5 Å². The molecule has 1 fully saturated rings. The summed E-state index contributed by atoms with van der Waals surface area (Å²) in [6.07, 6.45) is 0.280. The fourth-order valence-corrected chi connectivity index (χ4v) is 3.12. The van der Waals surface area contributed by atoms with Crippen molar-refractivity contribution >= 4 is 17.8 Å². The smallest absolute Gasteiger partial charge is 0.325 e. The molecular weight excluding hydrogens is 366 g/mol. The van der Waals surface area contributed by atoms with E-state index in [0.29, 0.717) is 11.5 Å². The molecule has 9 heteroatoms. The predicted molar refractivity (Wildman–Crippen MR) is 98.5 cm³/mol. The van der Waals surface area contributed by atoms with E-state index in [9.17, 15) is 19.5 Å². The number of aliphatic hydroxyl groups is 1. The normalized spacial score (nSPS) is 19.1. The van der Waals surface area contributed by atoms with Gasteiger partial charge in [-0.1, -0.05) is 19.9 Å². The van der Waals surface area contributed by atoms with Crippen molar-refractivity contribution < 1.29 is 29.0 Å². The van der Waals surface area contributed by atoms with Crippen LogP contribution >= 0.6 is 0 Å². The Kier molecular flexibility index (Phi) is 6.03. The van der Waals surface area contributed by atoms with Crippen LogP contribution in [0.3, 0.4) is 0 Å². The highest BCUT2D eigenvalue weighted by molar-refractivity contribution is 6.04. The lowest BCUT2D eigenvalue weighted by Gasteiger charge is -2.20. The van der Waals surface area contributed by atoms with Crippen LogP contribution in [-0.4, -0.2) is 53.3 Å². The number of carbonyl (C=O) groups excluding carboxylic acids is 3. The average Bonchev–Trinajstić information content (AvgIpc) is 3.23. The van der Waals surface area contributed by atoms with Crippen LogP contribution in [0.15, 0.2) is 18.2 Å². The summed E-state index contributed by atoms with van der Waals surface area (Å²) in [5.41, 5.74) is 0.744. The van der Waals surface area contributed by atoms with E-state index >= 15 is 0 Å². The molecule has 0 spiro atoms. The van der Waals surface area contributed by atoms with E-state index in [1.807, 2.05) is 13.8 Å². The molecule has 2 aliphatic rings. The van der Waals surface area contributed by atoms with Gasteiger partial charge in [0, 0.05) is 6.42 Å². The Hall–Kier alpha value is -2.81. The van der Waals surface area contributed by atoms with Crippen molar-refractivity contribution in [1.29, 1.82) is 0 Å². The standard InChI is InChI=1S/C19H25N3O6/c1-11(2)14(9-23)20-17(24)6-4-13-18(25)22(19(26)21-13)8-12-3-5-15-16(7-12)28-10-27-15/h3,5,7,11,13-14,23H,4,6,8-10H2,1-2H3,(H,20,24)(H,21,26)/t13-,14-/m1/s1. The van der Waals surface area contributed by atoms with Gasteiger partial charge in [0.15, 0.2) is 11.5 Å². The number of amides is 4. The Bertz CT molecular complexity index is 766. The molecular formula is C19H25N3O6. The Morgan fingerprint density at radius 3 is 2.79 bits per heavy atom. The Labute approximate surface area is 163 Å². The van der Waals surface area contributed by atoms with Crippen molar-refractivity contribution in [3.8, 4) is 11.5 Å². The molecule has 0 unspecified atom stereocenters. The maximum Gasteiger partial charge on any atom is 0.325 e. The zero-order valence-corrected chi connectivity index (χ0v) is 15.9. The molecule has 28 heavy (non-hydrogen) atoms. The van der Waals surface area contributed by atoms with Gasteiger partial charge in [-0.2, -0.15) is 0 Å². The van der Waals surface area contributed by atoms with E-state index in [-0.39, 0.29) is 56.6 Å². The molecule has 1 saturated heterocycles. The summed E-state index contributed by atoms with van der Waals surface area (Å²) >= 11 is 0. The number of benzene rings is 1. The summed E-state index contributed by atoms with van der Waals surface area (Å²) in [6, 6.07) is 3.70. The molecule has 3 N–H and O–H groups in total. The fraction of sp³-hybridized carbons (Fsp3) is 0.526. The first-order valence-corrected chi connectivity index (χ1v) is 9.29. The zero-order valence-electron chi connectivity index (χ0n) is 15.9. The topological polar surface area (TPSA) is 117 Å². The maximum absolute atomic E-state index is 12.6. The number of nitrogens with one attached hydrogen (secondary N) is 2. The van der Waals surface area contributed by atoms with Crippen LogP contribution in [0.2, 0.25) is 0 Å². The van der Waals surface area contributed by atoms with Crippen molar-refractivity contribution in [1.82, 2.24) is 15.5 Å². The summed E-state index contributed by atoms with van der Waals surface area (Å²) in [6.45, 7) is 3.92. The minimum absolute atomic E-state index is 0.0811. The van der Waals surface area contributed by atoms with Crippen LogP contribution in [0, 0.1) is 5.92 Å². The zero-order chi connectivity index (χ0) is 20.3. The minimum Gasteiger partial charge on any atom is -0.454 e. The van der Waals surface area contributed by atoms with E-state index in [1.165, 1.54) is 0 Å². The SMILES string of the molecule is CC(C)[C@@H](CO)NC(=O)CC[C@H]1NC(=O)N(Cc2ccc3c(c2)OCO3)C1=O. The Morgan fingerprint density at radius 2 is 2.07 bits per heavy atom. The number of nitrogens with zero attached hydrogens (tertiary/aromatic N) is 1. The molecule has 0 aromatic heterocycles. The van der Waals surface area contributed by atoms with Crippen LogP contribution < -0.4 is 20.1 Å². The van der Waals surface area contributed by atoms with Crippen LogP contribution in [0.1, 0.15) is 32.3 Å². The molecule has 2 aliphatic heterocycles. The average molecular weight is 391 g/mol. The Balaban J connectivity index is 1.54. The summed E-state index contributed by atoms with van der Waals surface area (Å²) in [4.78, 5) is 38.0. The third kappa shape index (κ3) is 4.36. The van der Waals surface area contributed by atoms with Gasteiger partial charge < -0.3 is 25.2 Å². The minimum atomic E-state index is -0.737. The molecule has 0 radical (unpaired) electrons. The van der Waals surface area contributed by atoms with Gasteiger partial charge in [0.1, 0.15) is 6.04 Å². The van der Waals surface area contributed by atoms with Crippen molar-refractivity contribution in [2.45, 2.75) is 45.3 Å². The third-order valence-corrected chi connectivity index (χ3v) is 4.89. The second-order valence-corrected chi connectivity index (χ2v) is 7.25. The molecule has 0 aliphatic carbocycles.